The van der Waals surface area contributed by atoms with Gasteiger partial charge in [0.05, 0.1) is 10.7 Å². The molecule has 2 rings (SSSR count). The number of carbonyl (C=O) groups is 1. The first kappa shape index (κ1) is 12.3. The van der Waals surface area contributed by atoms with Gasteiger partial charge in [-0.1, -0.05) is 11.6 Å². The lowest BCUT2D eigenvalue weighted by Gasteiger charge is -2.02. The van der Waals surface area contributed by atoms with Crippen LogP contribution in [0.1, 0.15) is 16.2 Å². The van der Waals surface area contributed by atoms with Crippen LogP contribution >= 0.6 is 34.2 Å². The zero-order chi connectivity index (χ0) is 12.6. The Morgan fingerprint density at radius 3 is 2.82 bits per heavy atom. The number of hydrogen-bond donors (Lipinski definition) is 1. The molecule has 0 saturated carbocycles. The Hall–Kier alpha value is -1.15. The molecule has 0 spiro atoms. The number of aromatic nitrogens is 3. The quantitative estimate of drug-likeness (QED) is 0.833. The molecule has 17 heavy (non-hydrogen) atoms. The van der Waals surface area contributed by atoms with E-state index < -0.39 is 5.97 Å². The standard InChI is InChI=1S/C10H7ClIN3O2/c1-5-8(11)9(10(16)17)14-15(5)7-4-6(12)2-3-13-7/h2-4H,1H3,(H,16,17). The molecule has 0 atom stereocenters. The second-order valence-electron chi connectivity index (χ2n) is 3.30. The molecule has 88 valence electrons. The van der Waals surface area contributed by atoms with Gasteiger partial charge in [0.2, 0.25) is 0 Å². The van der Waals surface area contributed by atoms with Crippen molar-refractivity contribution in [2.75, 3.05) is 0 Å². The van der Waals surface area contributed by atoms with Crippen molar-refractivity contribution in [3.8, 4) is 5.82 Å². The number of nitrogens with zero attached hydrogens (tertiary/aromatic N) is 3. The summed E-state index contributed by atoms with van der Waals surface area (Å²) in [6, 6.07) is 3.63. The van der Waals surface area contributed by atoms with E-state index in [1.54, 1.807) is 19.2 Å². The Kier molecular flexibility index (Phi) is 3.34. The number of aromatic carboxylic acids is 1. The predicted octanol–water partition coefficient (Wildman–Crippen LogP) is 2.53. The fourth-order valence-electron chi connectivity index (χ4n) is 1.35. The number of carboxylic acids is 1. The van der Waals surface area contributed by atoms with Gasteiger partial charge in [0.25, 0.3) is 0 Å². The molecule has 0 amide bonds. The van der Waals surface area contributed by atoms with Crippen LogP contribution in [0.5, 0.6) is 0 Å². The summed E-state index contributed by atoms with van der Waals surface area (Å²) in [6.07, 6.45) is 1.63. The molecule has 0 aromatic carbocycles. The third-order valence-electron chi connectivity index (χ3n) is 2.17. The number of rotatable bonds is 2. The normalized spacial score (nSPS) is 10.5. The van der Waals surface area contributed by atoms with E-state index in [9.17, 15) is 4.79 Å². The first-order valence-corrected chi connectivity index (χ1v) is 6.06. The molecule has 1 N–H and O–H groups in total. The summed E-state index contributed by atoms with van der Waals surface area (Å²) in [4.78, 5) is 15.0. The van der Waals surface area contributed by atoms with Gasteiger partial charge in [0, 0.05) is 9.77 Å². The van der Waals surface area contributed by atoms with Crippen LogP contribution in [0, 0.1) is 10.5 Å². The molecule has 0 aliphatic carbocycles. The van der Waals surface area contributed by atoms with Crippen LogP contribution in [0.4, 0.5) is 0 Å². The third-order valence-corrected chi connectivity index (χ3v) is 3.29. The van der Waals surface area contributed by atoms with Crippen molar-refractivity contribution in [2.24, 2.45) is 0 Å². The highest BCUT2D eigenvalue weighted by Crippen LogP contribution is 2.22. The maximum atomic E-state index is 10.9. The minimum atomic E-state index is -1.15. The Morgan fingerprint density at radius 1 is 1.59 bits per heavy atom. The van der Waals surface area contributed by atoms with Crippen molar-refractivity contribution < 1.29 is 9.90 Å². The minimum absolute atomic E-state index is 0.137. The Labute approximate surface area is 116 Å². The first-order chi connectivity index (χ1) is 8.00. The van der Waals surface area contributed by atoms with E-state index >= 15 is 0 Å². The zero-order valence-corrected chi connectivity index (χ0v) is 11.6. The second-order valence-corrected chi connectivity index (χ2v) is 4.92. The summed E-state index contributed by atoms with van der Waals surface area (Å²) in [6.45, 7) is 1.70. The van der Waals surface area contributed by atoms with Crippen LogP contribution in [0.15, 0.2) is 18.3 Å². The predicted molar refractivity (Wildman–Crippen MR) is 70.8 cm³/mol. The maximum Gasteiger partial charge on any atom is 0.358 e. The highest BCUT2D eigenvalue weighted by Gasteiger charge is 2.19. The van der Waals surface area contributed by atoms with Crippen LogP contribution in [-0.4, -0.2) is 25.8 Å². The van der Waals surface area contributed by atoms with E-state index in [1.165, 1.54) is 4.68 Å². The fraction of sp³-hybridized carbons (Fsp3) is 0.100. The molecule has 0 bridgehead atoms. The van der Waals surface area contributed by atoms with Gasteiger partial charge in [0.1, 0.15) is 0 Å². The number of carboxylic acid groups (broad SMARTS) is 1. The van der Waals surface area contributed by atoms with E-state index in [2.05, 4.69) is 32.7 Å². The summed E-state index contributed by atoms with van der Waals surface area (Å²) in [5.74, 6) is -0.605. The van der Waals surface area contributed by atoms with Crippen molar-refractivity contribution >= 4 is 40.2 Å². The molecule has 2 aromatic rings. The average Bonchev–Trinajstić information content (AvgIpc) is 2.56. The van der Waals surface area contributed by atoms with Crippen LogP contribution in [0.25, 0.3) is 5.82 Å². The van der Waals surface area contributed by atoms with Gasteiger partial charge in [0.15, 0.2) is 11.5 Å². The van der Waals surface area contributed by atoms with E-state index in [0.717, 1.165) is 3.57 Å². The third kappa shape index (κ3) is 2.27. The Morgan fingerprint density at radius 2 is 2.29 bits per heavy atom. The topological polar surface area (TPSA) is 68.0 Å². The lowest BCUT2D eigenvalue weighted by Crippen LogP contribution is -2.04. The highest BCUT2D eigenvalue weighted by atomic mass is 127. The summed E-state index contributed by atoms with van der Waals surface area (Å²) in [5.41, 5.74) is 0.392. The number of pyridine rings is 1. The van der Waals surface area contributed by atoms with Gasteiger partial charge < -0.3 is 5.11 Å². The average molecular weight is 364 g/mol. The maximum absolute atomic E-state index is 10.9. The largest absolute Gasteiger partial charge is 0.476 e. The van der Waals surface area contributed by atoms with Crippen molar-refractivity contribution in [3.05, 3.63) is 38.3 Å². The molecule has 0 aliphatic rings. The monoisotopic (exact) mass is 363 g/mol. The summed E-state index contributed by atoms with van der Waals surface area (Å²) >= 11 is 8.05. The SMILES string of the molecule is Cc1c(Cl)c(C(=O)O)nn1-c1cc(I)ccn1. The van der Waals surface area contributed by atoms with Gasteiger partial charge >= 0.3 is 5.97 Å². The van der Waals surface area contributed by atoms with Crippen molar-refractivity contribution in [3.63, 3.8) is 0 Å². The van der Waals surface area contributed by atoms with E-state index in [1.807, 2.05) is 6.07 Å². The van der Waals surface area contributed by atoms with Gasteiger partial charge in [-0.15, -0.1) is 0 Å². The summed E-state index contributed by atoms with van der Waals surface area (Å²) in [5, 5.41) is 13.0. The molecule has 0 unspecified atom stereocenters. The van der Waals surface area contributed by atoms with E-state index in [4.69, 9.17) is 16.7 Å². The van der Waals surface area contributed by atoms with Crippen LogP contribution in [0.2, 0.25) is 5.02 Å². The summed E-state index contributed by atoms with van der Waals surface area (Å²) < 4.78 is 2.41. The molecule has 0 saturated heterocycles. The molecule has 7 heteroatoms. The van der Waals surface area contributed by atoms with Gasteiger partial charge in [-0.05, 0) is 41.6 Å². The molecular formula is C10H7ClIN3O2. The lowest BCUT2D eigenvalue weighted by molar-refractivity contribution is 0.0690. The molecule has 0 fully saturated rings. The fourth-order valence-corrected chi connectivity index (χ4v) is 1.99. The molecule has 2 heterocycles. The number of halogens is 2. The second kappa shape index (κ2) is 4.61. The summed E-state index contributed by atoms with van der Waals surface area (Å²) in [7, 11) is 0. The zero-order valence-electron chi connectivity index (χ0n) is 8.69. The minimum Gasteiger partial charge on any atom is -0.476 e. The molecule has 5 nitrogen and oxygen atoms in total. The molecule has 2 aromatic heterocycles. The highest BCUT2D eigenvalue weighted by molar-refractivity contribution is 14.1. The first-order valence-electron chi connectivity index (χ1n) is 4.61. The molecule has 0 aliphatic heterocycles. The van der Waals surface area contributed by atoms with Crippen molar-refractivity contribution in [1.29, 1.82) is 0 Å². The Bertz CT molecular complexity index is 597. The van der Waals surface area contributed by atoms with E-state index in [-0.39, 0.29) is 10.7 Å². The molecular weight excluding hydrogens is 356 g/mol. The Balaban J connectivity index is 2.61. The van der Waals surface area contributed by atoms with Crippen molar-refractivity contribution in [2.45, 2.75) is 6.92 Å². The van der Waals surface area contributed by atoms with Crippen LogP contribution in [-0.2, 0) is 0 Å². The van der Waals surface area contributed by atoms with Crippen molar-refractivity contribution in [1.82, 2.24) is 14.8 Å². The smallest absolute Gasteiger partial charge is 0.358 e. The number of hydrogen-bond acceptors (Lipinski definition) is 3. The van der Waals surface area contributed by atoms with Gasteiger partial charge in [-0.2, -0.15) is 5.10 Å². The van der Waals surface area contributed by atoms with E-state index in [0.29, 0.717) is 11.5 Å². The molecule has 0 radical (unpaired) electrons. The lowest BCUT2D eigenvalue weighted by atomic mass is 10.3. The van der Waals surface area contributed by atoms with Crippen LogP contribution in [0.3, 0.4) is 0 Å². The van der Waals surface area contributed by atoms with Gasteiger partial charge in [-0.25, -0.2) is 14.5 Å². The van der Waals surface area contributed by atoms with Crippen LogP contribution < -0.4 is 0 Å². The van der Waals surface area contributed by atoms with Gasteiger partial charge in [-0.3, -0.25) is 0 Å².